The summed E-state index contributed by atoms with van der Waals surface area (Å²) in [5, 5.41) is 0. The second kappa shape index (κ2) is 5.63. The third-order valence-corrected chi connectivity index (χ3v) is 1.71. The molecule has 0 aliphatic rings. The van der Waals surface area contributed by atoms with Gasteiger partial charge < -0.3 is 23.7 Å². The monoisotopic (exact) mass is 197 g/mol. The van der Waals surface area contributed by atoms with E-state index in [1.807, 2.05) is 0 Å². The van der Waals surface area contributed by atoms with Gasteiger partial charge >= 0.3 is 9.05 Å². The van der Waals surface area contributed by atoms with E-state index >= 15 is 0 Å². The molecule has 12 heavy (non-hydrogen) atoms. The molecule has 0 heterocycles. The fourth-order valence-corrected chi connectivity index (χ4v) is 0.224. The topological polar surface area (TPSA) is 83.8 Å². The molecule has 3 N–H and O–H groups in total. The highest BCUT2D eigenvalue weighted by Gasteiger charge is 2.04. The summed E-state index contributed by atoms with van der Waals surface area (Å²) in [4.78, 5) is 30.6. The SMILES string of the molecule is CC[N+](C)(C)CC.[O-][Si](O)(O)O. The number of rotatable bonds is 2. The van der Waals surface area contributed by atoms with Gasteiger partial charge in [0.15, 0.2) is 0 Å². The molecule has 0 aromatic carbocycles. The normalized spacial score (nSPS) is 12.0. The van der Waals surface area contributed by atoms with Crippen molar-refractivity contribution in [2.75, 3.05) is 27.2 Å². The molecular formula is C6H19NO4Si. The van der Waals surface area contributed by atoms with Gasteiger partial charge in [-0.1, -0.05) is 0 Å². The predicted octanol–water partition coefficient (Wildman–Crippen LogP) is -2.14. The van der Waals surface area contributed by atoms with Crippen molar-refractivity contribution in [2.45, 2.75) is 13.8 Å². The molecule has 6 heteroatoms. The van der Waals surface area contributed by atoms with Crippen LogP contribution in [0.25, 0.3) is 0 Å². The van der Waals surface area contributed by atoms with Gasteiger partial charge in [0.05, 0.1) is 27.2 Å². The Balaban J connectivity index is 0. The summed E-state index contributed by atoms with van der Waals surface area (Å²) in [5.41, 5.74) is 0. The maximum Gasteiger partial charge on any atom is 0.404 e. The first kappa shape index (κ1) is 14.5. The molecule has 0 amide bonds. The second-order valence-electron chi connectivity index (χ2n) is 3.14. The van der Waals surface area contributed by atoms with E-state index in [2.05, 4.69) is 27.9 Å². The number of nitrogens with zero attached hydrogens (tertiary/aromatic N) is 1. The molecule has 0 aromatic rings. The molecule has 76 valence electrons. The van der Waals surface area contributed by atoms with E-state index in [9.17, 15) is 0 Å². The Morgan fingerprint density at radius 1 is 1.08 bits per heavy atom. The molecule has 0 spiro atoms. The maximum absolute atomic E-state index is 8.91. The van der Waals surface area contributed by atoms with Crippen LogP contribution in [0.5, 0.6) is 0 Å². The van der Waals surface area contributed by atoms with Crippen molar-refractivity contribution in [1.82, 2.24) is 0 Å². The zero-order valence-corrected chi connectivity index (χ0v) is 9.11. The smallest absolute Gasteiger partial charge is 0.404 e. The fraction of sp³-hybridized carbons (Fsp3) is 1.00. The van der Waals surface area contributed by atoms with Gasteiger partial charge in [0.2, 0.25) is 0 Å². The summed E-state index contributed by atoms with van der Waals surface area (Å²) in [6, 6.07) is 0. The molecule has 0 bridgehead atoms. The van der Waals surface area contributed by atoms with Crippen LogP contribution in [-0.4, -0.2) is 55.1 Å². The van der Waals surface area contributed by atoms with E-state index in [1.54, 1.807) is 0 Å². The van der Waals surface area contributed by atoms with Crippen molar-refractivity contribution in [1.29, 1.82) is 0 Å². The lowest BCUT2D eigenvalue weighted by Crippen LogP contribution is -2.50. The lowest BCUT2D eigenvalue weighted by atomic mass is 10.5. The van der Waals surface area contributed by atoms with Crippen molar-refractivity contribution in [3.63, 3.8) is 0 Å². The van der Waals surface area contributed by atoms with E-state index in [0.29, 0.717) is 0 Å². The van der Waals surface area contributed by atoms with Crippen molar-refractivity contribution in [2.24, 2.45) is 0 Å². The highest BCUT2D eigenvalue weighted by molar-refractivity contribution is 6.44. The average Bonchev–Trinajstić information content (AvgIpc) is 1.85. The third-order valence-electron chi connectivity index (χ3n) is 1.71. The lowest BCUT2D eigenvalue weighted by Gasteiger charge is -2.25. The minimum Gasteiger partial charge on any atom is -0.794 e. The summed E-state index contributed by atoms with van der Waals surface area (Å²) in [5.74, 6) is 0. The minimum absolute atomic E-state index is 1.14. The first-order valence-electron chi connectivity index (χ1n) is 3.82. The van der Waals surface area contributed by atoms with E-state index in [0.717, 1.165) is 4.48 Å². The Morgan fingerprint density at radius 2 is 1.25 bits per heavy atom. The third kappa shape index (κ3) is 22.5. The van der Waals surface area contributed by atoms with Gasteiger partial charge in [0, 0.05) is 0 Å². The molecule has 0 radical (unpaired) electrons. The Bertz CT molecular complexity index is 101. The molecular weight excluding hydrogens is 178 g/mol. The predicted molar refractivity (Wildman–Crippen MR) is 45.6 cm³/mol. The number of hydrogen-bond acceptors (Lipinski definition) is 4. The van der Waals surface area contributed by atoms with Crippen LogP contribution in [-0.2, 0) is 0 Å². The van der Waals surface area contributed by atoms with Gasteiger partial charge in [-0.3, -0.25) is 0 Å². The quantitative estimate of drug-likeness (QED) is 0.348. The zero-order valence-electron chi connectivity index (χ0n) is 8.11. The molecule has 0 saturated heterocycles. The van der Waals surface area contributed by atoms with Gasteiger partial charge in [-0.15, -0.1) is 0 Å². The molecule has 0 aromatic heterocycles. The first-order chi connectivity index (χ1) is 5.12. The van der Waals surface area contributed by atoms with Crippen molar-refractivity contribution in [3.8, 4) is 0 Å². The van der Waals surface area contributed by atoms with Crippen LogP contribution in [0.2, 0.25) is 0 Å². The summed E-state index contributed by atoms with van der Waals surface area (Å²) >= 11 is 0. The summed E-state index contributed by atoms with van der Waals surface area (Å²) < 4.78 is 1.14. The van der Waals surface area contributed by atoms with Gasteiger partial charge in [-0.2, -0.15) is 0 Å². The molecule has 5 nitrogen and oxygen atoms in total. The van der Waals surface area contributed by atoms with E-state index in [-0.39, 0.29) is 0 Å². The molecule has 0 unspecified atom stereocenters. The van der Waals surface area contributed by atoms with E-state index < -0.39 is 9.05 Å². The van der Waals surface area contributed by atoms with Crippen LogP contribution in [0, 0.1) is 0 Å². The van der Waals surface area contributed by atoms with E-state index in [1.165, 1.54) is 13.1 Å². The number of quaternary nitrogens is 1. The molecule has 0 fully saturated rings. The molecule has 0 saturated carbocycles. The van der Waals surface area contributed by atoms with Crippen LogP contribution < -0.4 is 4.80 Å². The Morgan fingerprint density at radius 3 is 1.25 bits per heavy atom. The van der Waals surface area contributed by atoms with Crippen LogP contribution in [0.4, 0.5) is 0 Å². The highest BCUT2D eigenvalue weighted by Crippen LogP contribution is 1.91. The Kier molecular flexibility index (Phi) is 6.82. The molecule has 0 aliphatic heterocycles. The lowest BCUT2D eigenvalue weighted by molar-refractivity contribution is -0.886. The molecule has 0 rings (SSSR count). The fourth-order valence-electron chi connectivity index (χ4n) is 0.224. The number of hydrogen-bond donors (Lipinski definition) is 3. The van der Waals surface area contributed by atoms with Gasteiger partial charge in [0.1, 0.15) is 0 Å². The van der Waals surface area contributed by atoms with Crippen LogP contribution in [0.1, 0.15) is 13.8 Å². The largest absolute Gasteiger partial charge is 0.794 e. The Labute approximate surface area is 74.6 Å². The van der Waals surface area contributed by atoms with Crippen LogP contribution >= 0.6 is 0 Å². The van der Waals surface area contributed by atoms with Crippen molar-refractivity contribution < 1.29 is 23.7 Å². The standard InChI is InChI=1S/C6H16N.H3O4Si/c1-5-7(3,4)6-2;1-5(2,3)4/h5-6H2,1-4H3;1-3H/q+1;-1. The highest BCUT2D eigenvalue weighted by atomic mass is 28.4. The van der Waals surface area contributed by atoms with Crippen molar-refractivity contribution in [3.05, 3.63) is 0 Å². The van der Waals surface area contributed by atoms with Crippen LogP contribution in [0.3, 0.4) is 0 Å². The second-order valence-corrected chi connectivity index (χ2v) is 4.29. The summed E-state index contributed by atoms with van der Waals surface area (Å²) in [6.07, 6.45) is 0. The van der Waals surface area contributed by atoms with Gasteiger partial charge in [0.25, 0.3) is 0 Å². The summed E-state index contributed by atoms with van der Waals surface area (Å²) in [6.45, 7) is 6.89. The molecule has 0 atom stereocenters. The average molecular weight is 197 g/mol. The maximum atomic E-state index is 8.91. The van der Waals surface area contributed by atoms with Crippen LogP contribution in [0.15, 0.2) is 0 Å². The minimum atomic E-state index is -4.86. The van der Waals surface area contributed by atoms with Crippen molar-refractivity contribution >= 4 is 9.05 Å². The van der Waals surface area contributed by atoms with E-state index in [4.69, 9.17) is 19.2 Å². The first-order valence-corrected chi connectivity index (χ1v) is 5.57. The van der Waals surface area contributed by atoms with Gasteiger partial charge in [-0.25, -0.2) is 0 Å². The zero-order chi connectivity index (χ0) is 10.4. The Hall–Kier alpha value is 0.0169. The van der Waals surface area contributed by atoms with Gasteiger partial charge in [-0.05, 0) is 13.8 Å². The summed E-state index contributed by atoms with van der Waals surface area (Å²) in [7, 11) is -0.389. The molecule has 0 aliphatic carbocycles.